The maximum atomic E-state index is 11.7. The molecular weight excluding hydrogens is 278 g/mol. The van der Waals surface area contributed by atoms with Gasteiger partial charge in [0, 0.05) is 13.7 Å². The predicted octanol–water partition coefficient (Wildman–Crippen LogP) is -0.0640. The molecule has 0 heterocycles. The van der Waals surface area contributed by atoms with Crippen LogP contribution in [0.3, 0.4) is 0 Å². The number of amides is 3. The molecule has 21 heavy (non-hydrogen) atoms. The summed E-state index contributed by atoms with van der Waals surface area (Å²) in [6.07, 6.45) is 0.317. The highest BCUT2D eigenvalue weighted by Crippen LogP contribution is 2.04. The summed E-state index contributed by atoms with van der Waals surface area (Å²) in [5.74, 6) is -1.34. The first-order valence-electron chi connectivity index (χ1n) is 6.84. The van der Waals surface area contributed by atoms with E-state index < -0.39 is 24.1 Å². The Morgan fingerprint density at radius 2 is 1.76 bits per heavy atom. The van der Waals surface area contributed by atoms with Crippen molar-refractivity contribution in [1.82, 2.24) is 16.0 Å². The van der Waals surface area contributed by atoms with Crippen LogP contribution < -0.4 is 16.0 Å². The van der Waals surface area contributed by atoms with Gasteiger partial charge in [0.15, 0.2) is 0 Å². The molecule has 2 unspecified atom stereocenters. The number of nitrogens with one attached hydrogen (secondary N) is 3. The molecule has 122 valence electrons. The Bertz CT molecular complexity index is 360. The summed E-state index contributed by atoms with van der Waals surface area (Å²) in [5, 5.41) is 16.3. The quantitative estimate of drug-likeness (QED) is 0.445. The largest absolute Gasteiger partial charge is 0.480 e. The maximum absolute atomic E-state index is 11.7. The molecule has 0 aliphatic heterocycles. The van der Waals surface area contributed by atoms with Gasteiger partial charge in [0.25, 0.3) is 0 Å². The first kappa shape index (κ1) is 19.2. The van der Waals surface area contributed by atoms with Crippen molar-refractivity contribution in [3.8, 4) is 0 Å². The van der Waals surface area contributed by atoms with Crippen molar-refractivity contribution in [2.24, 2.45) is 5.92 Å². The van der Waals surface area contributed by atoms with Gasteiger partial charge in [0.1, 0.15) is 12.1 Å². The lowest BCUT2D eigenvalue weighted by Crippen LogP contribution is -2.52. The average Bonchev–Trinajstić information content (AvgIpc) is 2.37. The van der Waals surface area contributed by atoms with Crippen LogP contribution in [0.15, 0.2) is 0 Å². The van der Waals surface area contributed by atoms with Gasteiger partial charge in [-0.15, -0.1) is 0 Å². The Kier molecular flexibility index (Phi) is 9.11. The summed E-state index contributed by atoms with van der Waals surface area (Å²) in [4.78, 5) is 34.3. The minimum atomic E-state index is -1.10. The van der Waals surface area contributed by atoms with Crippen molar-refractivity contribution in [2.75, 3.05) is 20.3 Å². The lowest BCUT2D eigenvalue weighted by molar-refractivity contribution is -0.139. The first-order chi connectivity index (χ1) is 9.77. The van der Waals surface area contributed by atoms with E-state index in [0.717, 1.165) is 0 Å². The first-order valence-corrected chi connectivity index (χ1v) is 6.84. The van der Waals surface area contributed by atoms with Crippen molar-refractivity contribution < 1.29 is 24.2 Å². The Morgan fingerprint density at radius 3 is 2.24 bits per heavy atom. The van der Waals surface area contributed by atoms with E-state index in [1.807, 2.05) is 13.8 Å². The molecule has 4 N–H and O–H groups in total. The highest BCUT2D eigenvalue weighted by molar-refractivity contribution is 5.88. The van der Waals surface area contributed by atoms with Gasteiger partial charge in [-0.25, -0.2) is 9.59 Å². The summed E-state index contributed by atoms with van der Waals surface area (Å²) in [7, 11) is 1.52. The predicted molar refractivity (Wildman–Crippen MR) is 76.9 cm³/mol. The van der Waals surface area contributed by atoms with Crippen LogP contribution >= 0.6 is 0 Å². The van der Waals surface area contributed by atoms with E-state index in [2.05, 4.69) is 16.0 Å². The summed E-state index contributed by atoms with van der Waals surface area (Å²) in [5.41, 5.74) is 0. The molecule has 8 nitrogen and oxygen atoms in total. The summed E-state index contributed by atoms with van der Waals surface area (Å²) < 4.78 is 4.79. The van der Waals surface area contributed by atoms with Gasteiger partial charge in [-0.05, 0) is 19.3 Å². The zero-order valence-corrected chi connectivity index (χ0v) is 12.9. The molecule has 0 radical (unpaired) electrons. The van der Waals surface area contributed by atoms with Crippen molar-refractivity contribution in [1.29, 1.82) is 0 Å². The number of carboxylic acid groups (broad SMARTS) is 1. The monoisotopic (exact) mass is 303 g/mol. The second-order valence-corrected chi connectivity index (χ2v) is 5.14. The van der Waals surface area contributed by atoms with Gasteiger partial charge >= 0.3 is 12.0 Å². The number of methoxy groups -OCH3 is 1. The normalized spacial score (nSPS) is 13.4. The van der Waals surface area contributed by atoms with E-state index in [1.165, 1.54) is 14.0 Å². The van der Waals surface area contributed by atoms with E-state index in [4.69, 9.17) is 9.84 Å². The third kappa shape index (κ3) is 8.85. The minimum Gasteiger partial charge on any atom is -0.480 e. The third-order valence-corrected chi connectivity index (χ3v) is 2.66. The van der Waals surface area contributed by atoms with Crippen molar-refractivity contribution >= 4 is 17.9 Å². The SMILES string of the molecule is COCCNC(=O)C(C)NC(=O)NC(CC(C)C)C(=O)O. The average molecular weight is 303 g/mol. The molecule has 3 amide bonds. The lowest BCUT2D eigenvalue weighted by atomic mass is 10.0. The molecule has 8 heteroatoms. The summed E-state index contributed by atoms with van der Waals surface area (Å²) >= 11 is 0. The van der Waals surface area contributed by atoms with Crippen LogP contribution in [0, 0.1) is 5.92 Å². The van der Waals surface area contributed by atoms with Gasteiger partial charge in [0.05, 0.1) is 6.61 Å². The fraction of sp³-hybridized carbons (Fsp3) is 0.769. The Labute approximate surface area is 124 Å². The molecule has 0 aromatic rings. The van der Waals surface area contributed by atoms with Crippen LogP contribution in [-0.2, 0) is 14.3 Å². The molecule has 0 aliphatic rings. The van der Waals surface area contributed by atoms with Crippen LogP contribution in [0.25, 0.3) is 0 Å². The van der Waals surface area contributed by atoms with Crippen LogP contribution in [0.2, 0.25) is 0 Å². The van der Waals surface area contributed by atoms with Gasteiger partial charge < -0.3 is 25.8 Å². The van der Waals surface area contributed by atoms with Crippen LogP contribution in [0.1, 0.15) is 27.2 Å². The molecule has 0 spiro atoms. The Morgan fingerprint density at radius 1 is 1.14 bits per heavy atom. The van der Waals surface area contributed by atoms with Crippen molar-refractivity contribution in [2.45, 2.75) is 39.3 Å². The molecule has 0 rings (SSSR count). The Hall–Kier alpha value is -1.83. The van der Waals surface area contributed by atoms with E-state index >= 15 is 0 Å². The standard InChI is InChI=1S/C13H25N3O5/c1-8(2)7-10(12(18)19)16-13(20)15-9(3)11(17)14-5-6-21-4/h8-10H,5-7H2,1-4H3,(H,14,17)(H,18,19)(H2,15,16,20). The van der Waals surface area contributed by atoms with E-state index in [1.54, 1.807) is 0 Å². The van der Waals surface area contributed by atoms with E-state index in [-0.39, 0.29) is 11.8 Å². The number of hydrogen-bond donors (Lipinski definition) is 4. The number of aliphatic carboxylic acids is 1. The zero-order chi connectivity index (χ0) is 16.4. The smallest absolute Gasteiger partial charge is 0.326 e. The summed E-state index contributed by atoms with van der Waals surface area (Å²) in [6, 6.07) is -2.43. The summed E-state index contributed by atoms with van der Waals surface area (Å²) in [6.45, 7) is 5.96. The van der Waals surface area contributed by atoms with Gasteiger partial charge in [-0.2, -0.15) is 0 Å². The molecule has 0 bridgehead atoms. The van der Waals surface area contributed by atoms with E-state index in [9.17, 15) is 14.4 Å². The van der Waals surface area contributed by atoms with Crippen molar-refractivity contribution in [3.63, 3.8) is 0 Å². The second kappa shape index (κ2) is 9.98. The molecular formula is C13H25N3O5. The Balaban J connectivity index is 4.26. The van der Waals surface area contributed by atoms with Crippen molar-refractivity contribution in [3.05, 3.63) is 0 Å². The molecule has 0 fully saturated rings. The molecule has 0 saturated carbocycles. The lowest BCUT2D eigenvalue weighted by Gasteiger charge is -2.19. The minimum absolute atomic E-state index is 0.126. The number of carbonyl (C=O) groups is 3. The zero-order valence-electron chi connectivity index (χ0n) is 12.9. The number of ether oxygens (including phenoxy) is 1. The second-order valence-electron chi connectivity index (χ2n) is 5.14. The number of carboxylic acids is 1. The van der Waals surface area contributed by atoms with Gasteiger partial charge in [0.2, 0.25) is 5.91 Å². The number of hydrogen-bond acceptors (Lipinski definition) is 4. The fourth-order valence-electron chi connectivity index (χ4n) is 1.58. The molecule has 2 atom stereocenters. The topological polar surface area (TPSA) is 117 Å². The molecule has 0 aromatic carbocycles. The number of carbonyl (C=O) groups excluding carboxylic acids is 2. The molecule has 0 aromatic heterocycles. The highest BCUT2D eigenvalue weighted by Gasteiger charge is 2.22. The van der Waals surface area contributed by atoms with Gasteiger partial charge in [-0.1, -0.05) is 13.8 Å². The maximum Gasteiger partial charge on any atom is 0.326 e. The third-order valence-electron chi connectivity index (χ3n) is 2.66. The van der Waals surface area contributed by atoms with Crippen LogP contribution in [0.4, 0.5) is 4.79 Å². The highest BCUT2D eigenvalue weighted by atomic mass is 16.5. The number of rotatable bonds is 9. The van der Waals surface area contributed by atoms with Gasteiger partial charge in [-0.3, -0.25) is 4.79 Å². The van der Waals surface area contributed by atoms with Crippen LogP contribution in [0.5, 0.6) is 0 Å². The molecule has 0 saturated heterocycles. The van der Waals surface area contributed by atoms with Crippen LogP contribution in [-0.4, -0.2) is 55.4 Å². The number of urea groups is 1. The molecule has 0 aliphatic carbocycles. The fourth-order valence-corrected chi connectivity index (χ4v) is 1.58. The van der Waals surface area contributed by atoms with E-state index in [0.29, 0.717) is 19.6 Å².